The summed E-state index contributed by atoms with van der Waals surface area (Å²) in [4.78, 5) is 41.6. The molecule has 5 fully saturated rings. The Morgan fingerprint density at radius 1 is 1.12 bits per heavy atom. The van der Waals surface area contributed by atoms with Gasteiger partial charge in [0.15, 0.2) is 20.8 Å². The molecule has 1 saturated carbocycles. The highest BCUT2D eigenvalue weighted by Crippen LogP contribution is 2.51. The van der Waals surface area contributed by atoms with Crippen molar-refractivity contribution in [2.45, 2.75) is 43.8 Å². The third kappa shape index (κ3) is 5.68. The Morgan fingerprint density at radius 3 is 2.51 bits per heavy atom. The van der Waals surface area contributed by atoms with E-state index in [9.17, 15) is 31.5 Å². The largest absolute Gasteiger partial charge is 0.465 e. The topological polar surface area (TPSA) is 204 Å². The molecule has 4 aliphatic heterocycles. The molecule has 3 N–H and O–H groups in total. The van der Waals surface area contributed by atoms with Gasteiger partial charge in [0, 0.05) is 48.4 Å². The van der Waals surface area contributed by atoms with Crippen molar-refractivity contribution in [3.05, 3.63) is 36.3 Å². The van der Waals surface area contributed by atoms with Gasteiger partial charge in [0.25, 0.3) is 0 Å². The van der Waals surface area contributed by atoms with E-state index in [1.54, 1.807) is 12.3 Å². The number of carboxylic acid groups (broad SMARTS) is 1. The van der Waals surface area contributed by atoms with Crippen molar-refractivity contribution in [2.75, 3.05) is 52.7 Å². The van der Waals surface area contributed by atoms with Gasteiger partial charge in [0.2, 0.25) is 5.95 Å². The van der Waals surface area contributed by atoms with Crippen LogP contribution >= 0.6 is 11.3 Å². The third-order valence-corrected chi connectivity index (χ3v) is 14.3. The molecule has 3 aromatic rings. The summed E-state index contributed by atoms with van der Waals surface area (Å²) >= 11 is 1.27. The molecular formula is C29H31FN8O8S3. The molecule has 260 valence electrons. The van der Waals surface area contributed by atoms with Crippen LogP contribution in [0.25, 0.3) is 21.8 Å². The van der Waals surface area contributed by atoms with Crippen LogP contribution in [0.15, 0.2) is 30.5 Å². The number of hydrogen-bond donors (Lipinski definition) is 3. The van der Waals surface area contributed by atoms with Gasteiger partial charge < -0.3 is 25.0 Å². The van der Waals surface area contributed by atoms with E-state index in [1.165, 1.54) is 34.4 Å². The van der Waals surface area contributed by atoms with Gasteiger partial charge in [-0.05, 0) is 43.9 Å². The average Bonchev–Trinajstić information content (AvgIpc) is 3.71. The number of nitrogens with one attached hydrogen (secondary N) is 2. The minimum atomic E-state index is -4.48. The molecule has 1 aliphatic carbocycles. The van der Waals surface area contributed by atoms with Crippen molar-refractivity contribution < 1.29 is 40.7 Å². The van der Waals surface area contributed by atoms with Gasteiger partial charge in [-0.1, -0.05) is 17.4 Å². The van der Waals surface area contributed by atoms with Crippen LogP contribution in [0.3, 0.4) is 0 Å². The molecular weight excluding hydrogens is 704 g/mol. The van der Waals surface area contributed by atoms with Gasteiger partial charge in [-0.3, -0.25) is 4.72 Å². The number of hydrogen-bond acceptors (Lipinski definition) is 13. The summed E-state index contributed by atoms with van der Waals surface area (Å²) in [7, 11) is -7.43. The Balaban J connectivity index is 1.14. The quantitative estimate of drug-likeness (QED) is 0.305. The van der Waals surface area contributed by atoms with Crippen molar-refractivity contribution in [3.8, 4) is 21.8 Å². The molecule has 5 aliphatic rings. The minimum absolute atomic E-state index is 0.00145. The SMILES string of the molecule is O=C(O)N1CC2CCC(C1)N2c1nc(-c2cccc(NS(=O)(=O)N3CCOC3=O)c2F)c(-c2ccnc(NC3CC4(C3)CS(=O)(=O)C4)n2)s1. The molecule has 0 radical (unpaired) electrons. The highest BCUT2D eigenvalue weighted by atomic mass is 32.2. The Bertz CT molecular complexity index is 2060. The second-order valence-electron chi connectivity index (χ2n) is 13.2. The van der Waals surface area contributed by atoms with Gasteiger partial charge in [-0.25, -0.2) is 37.3 Å². The molecule has 49 heavy (non-hydrogen) atoms. The highest BCUT2D eigenvalue weighted by molar-refractivity contribution is 7.92. The van der Waals surface area contributed by atoms with Crippen LogP contribution in [-0.4, -0.2) is 114 Å². The number of fused-ring (bicyclic) bond motifs is 2. The monoisotopic (exact) mass is 734 g/mol. The van der Waals surface area contributed by atoms with Crippen molar-refractivity contribution in [1.82, 2.24) is 24.2 Å². The summed E-state index contributed by atoms with van der Waals surface area (Å²) in [6.45, 7) is 0.269. The molecule has 2 aromatic heterocycles. The van der Waals surface area contributed by atoms with Crippen LogP contribution in [0, 0.1) is 11.2 Å². The summed E-state index contributed by atoms with van der Waals surface area (Å²) in [6.07, 6.45) is 2.40. The van der Waals surface area contributed by atoms with Crippen LogP contribution in [0.4, 0.5) is 30.7 Å². The highest BCUT2D eigenvalue weighted by Gasteiger charge is 2.56. The second kappa shape index (κ2) is 11.4. The number of likely N-dealkylation sites (tertiary alicyclic amines) is 1. The number of carbonyl (C=O) groups is 2. The van der Waals surface area contributed by atoms with E-state index < -0.39 is 43.7 Å². The molecule has 4 saturated heterocycles. The van der Waals surface area contributed by atoms with E-state index in [4.69, 9.17) is 14.7 Å². The standard InChI is InChI=1S/C29H31FN8O8S3/c30-22-19(2-1-3-20(22)35-49(44,45)37-8-9-46-28(37)41)23-24(47-26(34-23)38-17-4-5-18(38)13-36(12-17)27(39)40)21-6-7-31-25(33-21)32-16-10-29(11-16)14-48(42,43)15-29/h1-3,6-7,16-18,35H,4-5,8-15H2,(H,39,40)(H,31,32,33). The lowest BCUT2D eigenvalue weighted by molar-refractivity contribution is 0.133. The van der Waals surface area contributed by atoms with Crippen LogP contribution in [-0.2, 0) is 24.8 Å². The molecule has 2 bridgehead atoms. The molecule has 6 heterocycles. The fourth-order valence-electron chi connectivity index (χ4n) is 7.68. The number of amides is 2. The van der Waals surface area contributed by atoms with Crippen LogP contribution < -0.4 is 14.9 Å². The van der Waals surface area contributed by atoms with E-state index in [-0.39, 0.29) is 59.5 Å². The number of aromatic nitrogens is 3. The number of piperazine rings is 1. The second-order valence-corrected chi connectivity index (χ2v) is 17.8. The molecule has 1 spiro atoms. The van der Waals surface area contributed by atoms with Crippen molar-refractivity contribution >= 4 is 60.3 Å². The molecule has 8 rings (SSSR count). The van der Waals surface area contributed by atoms with Crippen LogP contribution in [0.2, 0.25) is 0 Å². The predicted molar refractivity (Wildman–Crippen MR) is 176 cm³/mol. The zero-order chi connectivity index (χ0) is 34.3. The smallest absolute Gasteiger partial charge is 0.425 e. The Hall–Kier alpha value is -4.30. The van der Waals surface area contributed by atoms with E-state index in [1.807, 2.05) is 0 Å². The number of anilines is 3. The lowest BCUT2D eigenvalue weighted by Gasteiger charge is -2.53. The first-order chi connectivity index (χ1) is 23.3. The van der Waals surface area contributed by atoms with Crippen molar-refractivity contribution in [2.24, 2.45) is 5.41 Å². The van der Waals surface area contributed by atoms with E-state index in [0.717, 1.165) is 12.8 Å². The van der Waals surface area contributed by atoms with Gasteiger partial charge in [-0.15, -0.1) is 0 Å². The first kappa shape index (κ1) is 31.9. The number of sulfone groups is 1. The average molecular weight is 735 g/mol. The molecule has 1 aromatic carbocycles. The Kier molecular flexibility index (Phi) is 7.41. The number of benzene rings is 1. The van der Waals surface area contributed by atoms with Gasteiger partial charge in [0.05, 0.1) is 40.0 Å². The first-order valence-electron chi connectivity index (χ1n) is 15.6. The van der Waals surface area contributed by atoms with Crippen LogP contribution in [0.1, 0.15) is 25.7 Å². The summed E-state index contributed by atoms with van der Waals surface area (Å²) in [6, 6.07) is 5.57. The molecule has 2 atom stereocenters. The summed E-state index contributed by atoms with van der Waals surface area (Å²) < 4.78 is 73.1. The number of carbonyl (C=O) groups excluding carboxylic acids is 1. The third-order valence-electron chi connectivity index (χ3n) is 9.73. The van der Waals surface area contributed by atoms with E-state index in [2.05, 4.69) is 19.9 Å². The fourth-order valence-corrected chi connectivity index (χ4v) is 12.2. The van der Waals surface area contributed by atoms with Crippen molar-refractivity contribution in [3.63, 3.8) is 0 Å². The molecule has 2 unspecified atom stereocenters. The zero-order valence-electron chi connectivity index (χ0n) is 25.8. The number of cyclic esters (lactones) is 1. The Morgan fingerprint density at radius 2 is 1.86 bits per heavy atom. The number of halogens is 1. The summed E-state index contributed by atoms with van der Waals surface area (Å²) in [5.74, 6) is -0.219. The van der Waals surface area contributed by atoms with E-state index in [0.29, 0.717) is 51.9 Å². The van der Waals surface area contributed by atoms with Crippen LogP contribution in [0.5, 0.6) is 0 Å². The Labute approximate surface area is 284 Å². The van der Waals surface area contributed by atoms with Gasteiger partial charge in [0.1, 0.15) is 6.61 Å². The maximum Gasteiger partial charge on any atom is 0.425 e. The normalized spacial score (nSPS) is 24.0. The molecule has 16 nitrogen and oxygen atoms in total. The lowest BCUT2D eigenvalue weighted by Crippen LogP contribution is -2.60. The molecule has 20 heteroatoms. The predicted octanol–water partition coefficient (Wildman–Crippen LogP) is 2.84. The van der Waals surface area contributed by atoms with E-state index >= 15 is 4.39 Å². The lowest BCUT2D eigenvalue weighted by atomic mass is 9.67. The van der Waals surface area contributed by atoms with Crippen molar-refractivity contribution in [1.29, 1.82) is 0 Å². The molecule has 2 amide bonds. The number of nitrogens with zero attached hydrogens (tertiary/aromatic N) is 6. The van der Waals surface area contributed by atoms with Gasteiger partial charge >= 0.3 is 22.4 Å². The fraction of sp³-hybridized carbons (Fsp3) is 0.483. The maximum absolute atomic E-state index is 16.3. The summed E-state index contributed by atoms with van der Waals surface area (Å²) in [5.41, 5.74) is 0.0365. The minimum Gasteiger partial charge on any atom is -0.465 e. The zero-order valence-corrected chi connectivity index (χ0v) is 28.2. The maximum atomic E-state index is 16.3. The number of rotatable bonds is 8. The number of thiazole rings is 1. The number of ether oxygens (including phenoxy) is 1. The summed E-state index contributed by atoms with van der Waals surface area (Å²) in [5, 5.41) is 13.5. The van der Waals surface area contributed by atoms with Gasteiger partial charge in [-0.2, -0.15) is 12.7 Å². The first-order valence-corrected chi connectivity index (χ1v) is 19.7.